The van der Waals surface area contributed by atoms with Gasteiger partial charge in [0.2, 0.25) is 11.8 Å². The minimum atomic E-state index is -1.30. The van der Waals surface area contributed by atoms with E-state index in [0.717, 1.165) is 29.0 Å². The molecule has 42 heavy (non-hydrogen) atoms. The van der Waals surface area contributed by atoms with Crippen molar-refractivity contribution >= 4 is 35.2 Å². The molecule has 1 saturated carbocycles. The van der Waals surface area contributed by atoms with E-state index in [1.807, 2.05) is 30.3 Å². The fraction of sp³-hybridized carbons (Fsp3) is 0.125. The van der Waals surface area contributed by atoms with Gasteiger partial charge in [-0.15, -0.1) is 0 Å². The maximum atomic E-state index is 15.2. The first kappa shape index (κ1) is 28.0. The van der Waals surface area contributed by atoms with Crippen molar-refractivity contribution in [2.24, 2.45) is 5.41 Å². The van der Waals surface area contributed by atoms with E-state index >= 15 is 4.39 Å². The van der Waals surface area contributed by atoms with E-state index < -0.39 is 28.9 Å². The van der Waals surface area contributed by atoms with Crippen LogP contribution < -0.4 is 15.4 Å². The summed E-state index contributed by atoms with van der Waals surface area (Å²) in [6.07, 6.45) is 4.99. The molecular weight excluding hydrogens is 540 g/mol. The van der Waals surface area contributed by atoms with Crippen LogP contribution in [0.3, 0.4) is 0 Å². The zero-order valence-corrected chi connectivity index (χ0v) is 22.2. The minimum Gasteiger partial charge on any atom is -0.452 e. The highest BCUT2D eigenvalue weighted by molar-refractivity contribution is 6.16. The lowest BCUT2D eigenvalue weighted by Crippen LogP contribution is -2.35. The van der Waals surface area contributed by atoms with Gasteiger partial charge in [0, 0.05) is 41.5 Å². The Morgan fingerprint density at radius 1 is 1.00 bits per heavy atom. The molecule has 4 N–H and O–H groups in total. The highest BCUT2D eigenvalue weighted by Gasteiger charge is 2.56. The fourth-order valence-corrected chi connectivity index (χ4v) is 4.49. The zero-order chi connectivity index (χ0) is 29.7. The lowest BCUT2D eigenvalue weighted by molar-refractivity contribution is -0.131. The maximum Gasteiger partial charge on any atom is 0.240 e. The number of aromatic amines is 1. The van der Waals surface area contributed by atoms with Crippen LogP contribution >= 0.6 is 0 Å². The molecule has 0 saturated heterocycles. The highest BCUT2D eigenvalue weighted by Crippen LogP contribution is 2.47. The fourth-order valence-electron chi connectivity index (χ4n) is 4.49. The lowest BCUT2D eigenvalue weighted by atomic mass is 10.0. The summed E-state index contributed by atoms with van der Waals surface area (Å²) in [6.45, 7) is 0. The number of rotatable bonds is 10. The second-order valence-corrected chi connectivity index (χ2v) is 9.74. The van der Waals surface area contributed by atoms with Crippen LogP contribution in [-0.4, -0.2) is 23.0 Å². The smallest absolute Gasteiger partial charge is 0.240 e. The normalized spacial score (nSPS) is 13.5. The van der Waals surface area contributed by atoms with Gasteiger partial charge in [-0.2, -0.15) is 5.26 Å². The summed E-state index contributed by atoms with van der Waals surface area (Å²) in [4.78, 5) is 28.9. The third-order valence-corrected chi connectivity index (χ3v) is 6.88. The number of hydrogen-bond donors (Lipinski definition) is 4. The summed E-state index contributed by atoms with van der Waals surface area (Å²) >= 11 is 0. The largest absolute Gasteiger partial charge is 0.452 e. The van der Waals surface area contributed by atoms with Crippen molar-refractivity contribution < 1.29 is 23.1 Å². The van der Waals surface area contributed by atoms with Crippen molar-refractivity contribution in [2.45, 2.75) is 19.3 Å². The van der Waals surface area contributed by atoms with Gasteiger partial charge in [-0.3, -0.25) is 9.59 Å². The van der Waals surface area contributed by atoms with Gasteiger partial charge in [0.15, 0.2) is 17.3 Å². The molecule has 0 unspecified atom stereocenters. The number of halogens is 2. The van der Waals surface area contributed by atoms with Crippen molar-refractivity contribution in [1.82, 2.24) is 4.98 Å². The van der Waals surface area contributed by atoms with E-state index in [1.165, 1.54) is 42.5 Å². The van der Waals surface area contributed by atoms with Gasteiger partial charge in [0.25, 0.3) is 0 Å². The van der Waals surface area contributed by atoms with Crippen LogP contribution in [0.5, 0.6) is 5.75 Å². The molecule has 1 heterocycles. The SMILES string of the molecule is N#CCc1cccc(-c2cc[nH]c2/C(=C\C=N)Oc2ccc(NC(=O)C3(C(=O)Nc4ccc(F)cc4)CC3)cc2F)c1. The number of benzene rings is 3. The number of nitriles is 1. The summed E-state index contributed by atoms with van der Waals surface area (Å²) in [7, 11) is 0. The third-order valence-electron chi connectivity index (χ3n) is 6.88. The molecule has 4 aromatic rings. The van der Waals surface area contributed by atoms with Crippen LogP contribution in [0.15, 0.2) is 85.1 Å². The predicted octanol–water partition coefficient (Wildman–Crippen LogP) is 6.45. The molecule has 210 valence electrons. The zero-order valence-electron chi connectivity index (χ0n) is 22.2. The monoisotopic (exact) mass is 565 g/mol. The second kappa shape index (κ2) is 11.9. The number of amides is 2. The number of nitrogens with one attached hydrogen (secondary N) is 4. The topological polar surface area (TPSA) is 131 Å². The quantitative estimate of drug-likeness (QED) is 0.0999. The van der Waals surface area contributed by atoms with Crippen LogP contribution in [0.4, 0.5) is 20.2 Å². The average molecular weight is 566 g/mol. The number of allylic oxidation sites excluding steroid dienone is 1. The first-order valence-electron chi connectivity index (χ1n) is 13.0. The first-order valence-corrected chi connectivity index (χ1v) is 13.0. The number of carbonyl (C=O) groups excluding carboxylic acids is 2. The molecule has 0 aliphatic heterocycles. The van der Waals surface area contributed by atoms with Gasteiger partial charge < -0.3 is 25.8 Å². The van der Waals surface area contributed by atoms with E-state index in [9.17, 15) is 14.0 Å². The van der Waals surface area contributed by atoms with Crippen LogP contribution in [0.2, 0.25) is 0 Å². The minimum absolute atomic E-state index is 0.137. The van der Waals surface area contributed by atoms with Gasteiger partial charge in [-0.1, -0.05) is 24.3 Å². The van der Waals surface area contributed by atoms with Crippen molar-refractivity contribution in [3.05, 3.63) is 108 Å². The lowest BCUT2D eigenvalue weighted by Gasteiger charge is -2.16. The molecule has 1 aliphatic carbocycles. The van der Waals surface area contributed by atoms with E-state index in [-0.39, 0.29) is 23.6 Å². The second-order valence-electron chi connectivity index (χ2n) is 9.74. The molecule has 0 spiro atoms. The van der Waals surface area contributed by atoms with E-state index in [1.54, 1.807) is 6.20 Å². The molecule has 1 aliphatic rings. The molecule has 0 atom stereocenters. The Morgan fingerprint density at radius 2 is 1.71 bits per heavy atom. The Morgan fingerprint density at radius 3 is 2.38 bits per heavy atom. The molecule has 10 heteroatoms. The van der Waals surface area contributed by atoms with Gasteiger partial charge in [0.05, 0.1) is 18.2 Å². The molecule has 8 nitrogen and oxygen atoms in total. The number of anilines is 2. The summed E-state index contributed by atoms with van der Waals surface area (Å²) in [5, 5.41) is 21.9. The number of aromatic nitrogens is 1. The number of H-pyrrole nitrogens is 1. The number of ether oxygens (including phenoxy) is 1. The van der Waals surface area contributed by atoms with Gasteiger partial charge in [0.1, 0.15) is 11.2 Å². The molecule has 1 fully saturated rings. The summed E-state index contributed by atoms with van der Waals surface area (Å²) in [6, 6.07) is 20.5. The van der Waals surface area contributed by atoms with E-state index in [4.69, 9.17) is 15.4 Å². The molecule has 2 amide bonds. The molecule has 0 radical (unpaired) electrons. The van der Waals surface area contributed by atoms with Crippen molar-refractivity contribution in [3.63, 3.8) is 0 Å². The Bertz CT molecular complexity index is 1730. The third kappa shape index (κ3) is 5.95. The van der Waals surface area contributed by atoms with Gasteiger partial charge in [-0.25, -0.2) is 8.78 Å². The molecule has 1 aromatic heterocycles. The molecule has 5 rings (SSSR count). The van der Waals surface area contributed by atoms with Crippen LogP contribution in [0, 0.1) is 33.8 Å². The molecule has 0 bridgehead atoms. The summed E-state index contributed by atoms with van der Waals surface area (Å²) in [5.74, 6) is -2.27. The van der Waals surface area contributed by atoms with Crippen molar-refractivity contribution in [2.75, 3.05) is 10.6 Å². The van der Waals surface area contributed by atoms with E-state index in [2.05, 4.69) is 21.7 Å². The average Bonchev–Trinajstić information content (AvgIpc) is 3.66. The van der Waals surface area contributed by atoms with Crippen LogP contribution in [0.1, 0.15) is 24.1 Å². The van der Waals surface area contributed by atoms with Gasteiger partial charge >= 0.3 is 0 Å². The van der Waals surface area contributed by atoms with Crippen molar-refractivity contribution in [1.29, 1.82) is 10.7 Å². The Hall–Kier alpha value is -5.56. The van der Waals surface area contributed by atoms with Crippen molar-refractivity contribution in [3.8, 4) is 22.9 Å². The van der Waals surface area contributed by atoms with E-state index in [0.29, 0.717) is 24.2 Å². The standard InChI is InChI=1S/C32H25F2N5O3/c33-22-4-6-23(7-5-22)38-30(40)32(13-14-32)31(41)39-24-8-9-27(26(34)19-24)42-28(11-16-36)29-25(12-17-37-29)21-3-1-2-20(18-21)10-15-35/h1-9,11-12,16-19,36-37H,10,13-14H2,(H,38,40)(H,39,41)/b28-11+,36-16?. The Kier molecular flexibility index (Phi) is 7.93. The summed E-state index contributed by atoms with van der Waals surface area (Å²) < 4.78 is 34.2. The molecule has 3 aromatic carbocycles. The Labute approximate surface area is 240 Å². The number of hydrogen-bond acceptors (Lipinski definition) is 5. The molecular formula is C32H25F2N5O3. The highest BCUT2D eigenvalue weighted by atomic mass is 19.1. The summed E-state index contributed by atoms with van der Waals surface area (Å²) in [5.41, 5.74) is 2.10. The maximum absolute atomic E-state index is 15.2. The number of nitrogens with zero attached hydrogens (tertiary/aromatic N) is 1. The predicted molar refractivity (Wildman–Crippen MR) is 155 cm³/mol. The first-order chi connectivity index (χ1) is 20.3. The Balaban J connectivity index is 1.30. The van der Waals surface area contributed by atoms with Gasteiger partial charge in [-0.05, 0) is 66.4 Å². The van der Waals surface area contributed by atoms with Crippen LogP contribution in [-0.2, 0) is 16.0 Å². The number of carbonyl (C=O) groups is 2. The van der Waals surface area contributed by atoms with Crippen LogP contribution in [0.25, 0.3) is 16.9 Å².